The van der Waals surface area contributed by atoms with Gasteiger partial charge in [0.2, 0.25) is 0 Å². The van der Waals surface area contributed by atoms with Crippen LogP contribution in [0.4, 0.5) is 4.39 Å². The van der Waals surface area contributed by atoms with E-state index >= 15 is 0 Å². The minimum Gasteiger partial charge on any atom is -0.481 e. The van der Waals surface area contributed by atoms with Crippen LogP contribution in [0, 0.1) is 17.7 Å². The van der Waals surface area contributed by atoms with Gasteiger partial charge in [-0.3, -0.25) is 9.59 Å². The summed E-state index contributed by atoms with van der Waals surface area (Å²) in [6, 6.07) is 3.77. The van der Waals surface area contributed by atoms with E-state index in [1.54, 1.807) is 0 Å². The van der Waals surface area contributed by atoms with Crippen molar-refractivity contribution in [3.8, 4) is 11.8 Å². The molecule has 1 rings (SSSR count). The molecule has 1 aromatic rings. The number of carboxylic acid groups (broad SMARTS) is 2. The van der Waals surface area contributed by atoms with E-state index in [1.165, 1.54) is 12.1 Å². The molecule has 17 heavy (non-hydrogen) atoms. The highest BCUT2D eigenvalue weighted by Crippen LogP contribution is 2.10. The first kappa shape index (κ1) is 12.7. The number of rotatable bonds is 3. The lowest BCUT2D eigenvalue weighted by atomic mass is 10.1. The number of carbonyl (C=O) groups is 2. The van der Waals surface area contributed by atoms with Crippen molar-refractivity contribution in [2.45, 2.75) is 12.8 Å². The van der Waals surface area contributed by atoms with Crippen LogP contribution in [-0.4, -0.2) is 22.2 Å². The Morgan fingerprint density at radius 1 is 1.24 bits per heavy atom. The van der Waals surface area contributed by atoms with Crippen molar-refractivity contribution in [3.63, 3.8) is 0 Å². The van der Waals surface area contributed by atoms with Crippen molar-refractivity contribution in [1.29, 1.82) is 0 Å². The molecule has 0 atom stereocenters. The van der Waals surface area contributed by atoms with Crippen LogP contribution in [0.2, 0.25) is 0 Å². The zero-order chi connectivity index (χ0) is 12.8. The molecule has 0 aliphatic carbocycles. The molecular formula is C12H9FO4. The standard InChI is InChI=1S/C12H9FO4/c13-10-5-4-8(7-12(16)17)6-9(10)2-1-3-11(14)15/h4-6H,3,7H2,(H,14,15)(H,16,17). The van der Waals surface area contributed by atoms with Gasteiger partial charge in [-0.05, 0) is 17.7 Å². The van der Waals surface area contributed by atoms with Crippen molar-refractivity contribution in [1.82, 2.24) is 0 Å². The second kappa shape index (κ2) is 5.66. The van der Waals surface area contributed by atoms with Crippen LogP contribution in [0.3, 0.4) is 0 Å². The smallest absolute Gasteiger partial charge is 0.315 e. The molecule has 1 aromatic carbocycles. The van der Waals surface area contributed by atoms with Crippen LogP contribution < -0.4 is 0 Å². The predicted molar refractivity (Wildman–Crippen MR) is 56.9 cm³/mol. The lowest BCUT2D eigenvalue weighted by Gasteiger charge is -1.99. The van der Waals surface area contributed by atoms with Gasteiger partial charge in [0.25, 0.3) is 0 Å². The zero-order valence-corrected chi connectivity index (χ0v) is 8.74. The fourth-order valence-electron chi connectivity index (χ4n) is 1.17. The summed E-state index contributed by atoms with van der Waals surface area (Å²) in [6.07, 6.45) is -0.615. The summed E-state index contributed by atoms with van der Waals surface area (Å²) in [5.41, 5.74) is 0.420. The van der Waals surface area contributed by atoms with E-state index in [1.807, 2.05) is 0 Å². The minimum atomic E-state index is -1.10. The first-order valence-corrected chi connectivity index (χ1v) is 4.70. The quantitative estimate of drug-likeness (QED) is 0.775. The Hall–Kier alpha value is -2.35. The van der Waals surface area contributed by atoms with Crippen LogP contribution in [0.25, 0.3) is 0 Å². The maximum Gasteiger partial charge on any atom is 0.315 e. The number of aliphatic carboxylic acids is 2. The molecule has 0 saturated heterocycles. The number of hydrogen-bond donors (Lipinski definition) is 2. The fourth-order valence-corrected chi connectivity index (χ4v) is 1.17. The molecule has 0 amide bonds. The van der Waals surface area contributed by atoms with Gasteiger partial charge in [-0.2, -0.15) is 0 Å². The van der Waals surface area contributed by atoms with Gasteiger partial charge in [-0.1, -0.05) is 17.9 Å². The molecule has 0 aliphatic rings. The first-order valence-electron chi connectivity index (χ1n) is 4.70. The van der Waals surface area contributed by atoms with Crippen molar-refractivity contribution in [3.05, 3.63) is 35.1 Å². The molecule has 4 nitrogen and oxygen atoms in total. The van der Waals surface area contributed by atoms with E-state index < -0.39 is 17.8 Å². The van der Waals surface area contributed by atoms with E-state index in [-0.39, 0.29) is 18.4 Å². The predicted octanol–water partition coefficient (Wildman–Crippen LogP) is 1.28. The highest BCUT2D eigenvalue weighted by atomic mass is 19.1. The summed E-state index contributed by atoms with van der Waals surface area (Å²) in [6.45, 7) is 0. The van der Waals surface area contributed by atoms with Gasteiger partial charge in [0.1, 0.15) is 12.2 Å². The van der Waals surface area contributed by atoms with E-state index in [2.05, 4.69) is 11.8 Å². The molecule has 2 N–H and O–H groups in total. The SMILES string of the molecule is O=C(O)CC#Cc1cc(CC(=O)O)ccc1F. The van der Waals surface area contributed by atoms with E-state index in [4.69, 9.17) is 10.2 Å². The molecule has 0 aromatic heterocycles. The number of halogens is 1. The summed E-state index contributed by atoms with van der Waals surface area (Å²) in [7, 11) is 0. The Balaban J connectivity index is 2.92. The molecule has 0 fully saturated rings. The average Bonchev–Trinajstić information content (AvgIpc) is 2.21. The number of carboxylic acids is 2. The van der Waals surface area contributed by atoms with Crippen molar-refractivity contribution in [2.24, 2.45) is 0 Å². The largest absolute Gasteiger partial charge is 0.481 e. The first-order chi connectivity index (χ1) is 7.99. The monoisotopic (exact) mass is 236 g/mol. The van der Waals surface area contributed by atoms with Crippen LogP contribution in [0.1, 0.15) is 17.5 Å². The van der Waals surface area contributed by atoms with E-state index in [0.29, 0.717) is 5.56 Å². The van der Waals surface area contributed by atoms with Crippen molar-refractivity contribution < 1.29 is 24.2 Å². The maximum atomic E-state index is 13.2. The van der Waals surface area contributed by atoms with Gasteiger partial charge in [-0.25, -0.2) is 4.39 Å². The Labute approximate surface area is 96.7 Å². The highest BCUT2D eigenvalue weighted by molar-refractivity contribution is 5.71. The fraction of sp³-hybridized carbons (Fsp3) is 0.167. The van der Waals surface area contributed by atoms with E-state index in [0.717, 1.165) is 6.07 Å². The van der Waals surface area contributed by atoms with Gasteiger partial charge < -0.3 is 10.2 Å². The Bertz CT molecular complexity index is 511. The lowest BCUT2D eigenvalue weighted by Crippen LogP contribution is -2.00. The van der Waals surface area contributed by atoms with Crippen molar-refractivity contribution >= 4 is 11.9 Å². The van der Waals surface area contributed by atoms with Crippen LogP contribution in [-0.2, 0) is 16.0 Å². The Kier molecular flexibility index (Phi) is 4.23. The molecule has 0 heterocycles. The summed E-state index contributed by atoms with van der Waals surface area (Å²) in [5.74, 6) is 1.92. The van der Waals surface area contributed by atoms with Gasteiger partial charge >= 0.3 is 11.9 Å². The van der Waals surface area contributed by atoms with Crippen LogP contribution in [0.5, 0.6) is 0 Å². The van der Waals surface area contributed by atoms with Crippen LogP contribution >= 0.6 is 0 Å². The topological polar surface area (TPSA) is 74.6 Å². The molecule has 0 aliphatic heterocycles. The summed E-state index contributed by atoms with van der Waals surface area (Å²) >= 11 is 0. The lowest BCUT2D eigenvalue weighted by molar-refractivity contribution is -0.137. The highest BCUT2D eigenvalue weighted by Gasteiger charge is 2.04. The van der Waals surface area contributed by atoms with Crippen molar-refractivity contribution in [2.75, 3.05) is 0 Å². The third-order valence-corrected chi connectivity index (χ3v) is 1.85. The van der Waals surface area contributed by atoms with Gasteiger partial charge in [0, 0.05) is 0 Å². The second-order valence-corrected chi connectivity index (χ2v) is 3.26. The molecule has 88 valence electrons. The zero-order valence-electron chi connectivity index (χ0n) is 8.74. The number of benzene rings is 1. The molecule has 0 saturated carbocycles. The third kappa shape index (κ3) is 4.34. The summed E-state index contributed by atoms with van der Waals surface area (Å²) in [5, 5.41) is 16.9. The molecule has 5 heteroatoms. The average molecular weight is 236 g/mol. The summed E-state index contributed by atoms with van der Waals surface area (Å²) < 4.78 is 13.2. The minimum absolute atomic E-state index is 0.00463. The normalized spacial score (nSPS) is 9.24. The number of hydrogen-bond acceptors (Lipinski definition) is 2. The Morgan fingerprint density at radius 3 is 2.53 bits per heavy atom. The molecule has 0 unspecified atom stereocenters. The van der Waals surface area contributed by atoms with Gasteiger partial charge in [0.15, 0.2) is 0 Å². The third-order valence-electron chi connectivity index (χ3n) is 1.85. The van der Waals surface area contributed by atoms with Gasteiger partial charge in [0.05, 0.1) is 12.0 Å². The van der Waals surface area contributed by atoms with Gasteiger partial charge in [-0.15, -0.1) is 0 Å². The van der Waals surface area contributed by atoms with E-state index in [9.17, 15) is 14.0 Å². The Morgan fingerprint density at radius 2 is 1.94 bits per heavy atom. The molecular weight excluding hydrogens is 227 g/mol. The summed E-state index contributed by atoms with van der Waals surface area (Å²) in [4.78, 5) is 20.7. The molecule has 0 spiro atoms. The molecule has 0 bridgehead atoms. The second-order valence-electron chi connectivity index (χ2n) is 3.26. The molecule has 0 radical (unpaired) electrons. The maximum absolute atomic E-state index is 13.2. The van der Waals surface area contributed by atoms with Crippen LogP contribution in [0.15, 0.2) is 18.2 Å².